The van der Waals surface area contributed by atoms with Gasteiger partial charge in [-0.05, 0) is 26.2 Å². The van der Waals surface area contributed by atoms with Crippen LogP contribution in [0, 0.1) is 0 Å². The first-order valence-electron chi connectivity index (χ1n) is 11.0. The first kappa shape index (κ1) is 21.4. The minimum absolute atomic E-state index is 0.640. The fourth-order valence-corrected chi connectivity index (χ4v) is 3.79. The Bertz CT molecular complexity index is 300. The van der Waals surface area contributed by atoms with E-state index in [0.29, 0.717) is 6.17 Å². The molecule has 2 heteroatoms. The van der Waals surface area contributed by atoms with E-state index in [4.69, 9.17) is 0 Å². The molecule has 2 nitrogen and oxygen atoms in total. The van der Waals surface area contributed by atoms with E-state index in [0.717, 1.165) is 6.54 Å². The molecule has 24 heavy (non-hydrogen) atoms. The zero-order valence-corrected chi connectivity index (χ0v) is 16.9. The third-order valence-electron chi connectivity index (χ3n) is 5.42. The molecule has 0 bridgehead atoms. The fraction of sp³-hybridized carbons (Fsp3) is 0.909. The quantitative estimate of drug-likeness (QED) is 0.282. The molecule has 0 saturated heterocycles. The first-order valence-corrected chi connectivity index (χ1v) is 11.0. The lowest BCUT2D eigenvalue weighted by molar-refractivity contribution is 0.142. The summed E-state index contributed by atoms with van der Waals surface area (Å²) in [6.07, 6.45) is 24.9. The third-order valence-corrected chi connectivity index (χ3v) is 5.42. The van der Waals surface area contributed by atoms with Gasteiger partial charge in [0.1, 0.15) is 6.17 Å². The van der Waals surface area contributed by atoms with Crippen molar-refractivity contribution in [2.75, 3.05) is 13.1 Å². The summed E-state index contributed by atoms with van der Waals surface area (Å²) in [5.74, 6) is 0. The summed E-state index contributed by atoms with van der Waals surface area (Å²) < 4.78 is 0. The van der Waals surface area contributed by atoms with Gasteiger partial charge >= 0.3 is 0 Å². The smallest absolute Gasteiger partial charge is 0.101 e. The molecular formula is C22H44N2. The van der Waals surface area contributed by atoms with Crippen molar-refractivity contribution >= 4 is 0 Å². The lowest BCUT2D eigenvalue weighted by Gasteiger charge is -2.32. The first-order chi connectivity index (χ1) is 11.8. The van der Waals surface area contributed by atoms with E-state index in [1.165, 1.54) is 96.4 Å². The van der Waals surface area contributed by atoms with Gasteiger partial charge < -0.3 is 9.80 Å². The zero-order valence-electron chi connectivity index (χ0n) is 16.9. The van der Waals surface area contributed by atoms with Crippen molar-refractivity contribution in [2.24, 2.45) is 0 Å². The van der Waals surface area contributed by atoms with Gasteiger partial charge in [0, 0.05) is 25.5 Å². The van der Waals surface area contributed by atoms with E-state index in [9.17, 15) is 0 Å². The summed E-state index contributed by atoms with van der Waals surface area (Å²) in [4.78, 5) is 5.15. The fourth-order valence-electron chi connectivity index (χ4n) is 3.79. The van der Waals surface area contributed by atoms with Crippen LogP contribution >= 0.6 is 0 Å². The van der Waals surface area contributed by atoms with Crippen LogP contribution in [0.5, 0.6) is 0 Å². The summed E-state index contributed by atoms with van der Waals surface area (Å²) in [6, 6.07) is 0. The molecule has 0 radical (unpaired) electrons. The Labute approximate surface area is 152 Å². The maximum atomic E-state index is 2.61. The van der Waals surface area contributed by atoms with Crippen molar-refractivity contribution in [3.05, 3.63) is 12.4 Å². The van der Waals surface area contributed by atoms with Gasteiger partial charge in [-0.3, -0.25) is 0 Å². The zero-order chi connectivity index (χ0) is 17.5. The van der Waals surface area contributed by atoms with Gasteiger partial charge in [0.15, 0.2) is 0 Å². The number of hydrogen-bond donors (Lipinski definition) is 0. The molecule has 0 spiro atoms. The van der Waals surface area contributed by atoms with Gasteiger partial charge in [-0.1, -0.05) is 84.5 Å². The number of rotatable bonds is 16. The molecule has 0 fully saturated rings. The summed E-state index contributed by atoms with van der Waals surface area (Å²) in [6.45, 7) is 9.27. The topological polar surface area (TPSA) is 6.48 Å². The molecule has 142 valence electrons. The number of hydrogen-bond acceptors (Lipinski definition) is 2. The highest BCUT2D eigenvalue weighted by atomic mass is 15.4. The molecule has 0 aromatic carbocycles. The molecule has 0 aliphatic carbocycles. The molecular weight excluding hydrogens is 292 g/mol. The highest BCUT2D eigenvalue weighted by molar-refractivity contribution is 4.96. The van der Waals surface area contributed by atoms with E-state index in [-0.39, 0.29) is 0 Å². The second-order valence-electron chi connectivity index (χ2n) is 7.52. The Morgan fingerprint density at radius 2 is 1.08 bits per heavy atom. The van der Waals surface area contributed by atoms with Crippen molar-refractivity contribution < 1.29 is 0 Å². The van der Waals surface area contributed by atoms with Crippen molar-refractivity contribution in [3.8, 4) is 0 Å². The van der Waals surface area contributed by atoms with Crippen LogP contribution in [0.1, 0.15) is 111 Å². The molecule has 1 rings (SSSR count). The molecule has 1 heterocycles. The summed E-state index contributed by atoms with van der Waals surface area (Å²) in [5.41, 5.74) is 0. The Hall–Kier alpha value is -0.660. The maximum Gasteiger partial charge on any atom is 0.101 e. The van der Waals surface area contributed by atoms with Gasteiger partial charge in [0.2, 0.25) is 0 Å². The normalized spacial score (nSPS) is 17.2. The number of nitrogens with zero attached hydrogens (tertiary/aromatic N) is 2. The molecule has 1 unspecified atom stereocenters. The van der Waals surface area contributed by atoms with Crippen molar-refractivity contribution in [1.29, 1.82) is 0 Å². The lowest BCUT2D eigenvalue weighted by atomic mass is 10.1. The van der Waals surface area contributed by atoms with Gasteiger partial charge in [0.25, 0.3) is 0 Å². The Balaban J connectivity index is 2.15. The summed E-state index contributed by atoms with van der Waals surface area (Å²) in [5, 5.41) is 0. The molecule has 0 amide bonds. The second kappa shape index (κ2) is 14.7. The summed E-state index contributed by atoms with van der Waals surface area (Å²) >= 11 is 0. The minimum atomic E-state index is 0.640. The maximum absolute atomic E-state index is 2.61. The lowest BCUT2D eigenvalue weighted by Crippen LogP contribution is -2.38. The van der Waals surface area contributed by atoms with Crippen LogP contribution in [0.2, 0.25) is 0 Å². The molecule has 0 aromatic heterocycles. The third kappa shape index (κ3) is 8.99. The predicted molar refractivity (Wildman–Crippen MR) is 108 cm³/mol. The molecule has 0 saturated carbocycles. The summed E-state index contributed by atoms with van der Waals surface area (Å²) in [7, 11) is 0. The Morgan fingerprint density at radius 3 is 1.67 bits per heavy atom. The standard InChI is InChI=1S/C22H44N2/c1-4-7-9-11-13-15-17-19-24-21-20-23(6-3)22(24)18-16-14-12-10-8-5-2/h20-22H,4-19H2,1-3H3. The Kier molecular flexibility index (Phi) is 13.1. The number of unbranched alkanes of at least 4 members (excludes halogenated alkanes) is 11. The van der Waals surface area contributed by atoms with E-state index in [2.05, 4.69) is 43.0 Å². The molecule has 0 N–H and O–H groups in total. The van der Waals surface area contributed by atoms with Crippen LogP contribution in [-0.2, 0) is 0 Å². The van der Waals surface area contributed by atoms with E-state index in [1.807, 2.05) is 0 Å². The van der Waals surface area contributed by atoms with Crippen LogP contribution < -0.4 is 0 Å². The van der Waals surface area contributed by atoms with Crippen LogP contribution in [0.15, 0.2) is 12.4 Å². The van der Waals surface area contributed by atoms with Crippen molar-refractivity contribution in [2.45, 2.75) is 117 Å². The van der Waals surface area contributed by atoms with Crippen LogP contribution in [-0.4, -0.2) is 29.1 Å². The van der Waals surface area contributed by atoms with Crippen LogP contribution in [0.25, 0.3) is 0 Å². The molecule has 0 aromatic rings. The van der Waals surface area contributed by atoms with Crippen molar-refractivity contribution in [1.82, 2.24) is 9.80 Å². The molecule has 1 aliphatic heterocycles. The Morgan fingerprint density at radius 1 is 0.583 bits per heavy atom. The van der Waals surface area contributed by atoms with E-state index < -0.39 is 0 Å². The minimum Gasteiger partial charge on any atom is -0.356 e. The van der Waals surface area contributed by atoms with Gasteiger partial charge in [-0.25, -0.2) is 0 Å². The molecule has 1 aliphatic rings. The average Bonchev–Trinajstić information content (AvgIpc) is 2.99. The highest BCUT2D eigenvalue weighted by Gasteiger charge is 2.23. The monoisotopic (exact) mass is 336 g/mol. The van der Waals surface area contributed by atoms with Crippen LogP contribution in [0.3, 0.4) is 0 Å². The van der Waals surface area contributed by atoms with Crippen LogP contribution in [0.4, 0.5) is 0 Å². The molecule has 1 atom stereocenters. The predicted octanol–water partition coefficient (Wildman–Crippen LogP) is 6.92. The van der Waals surface area contributed by atoms with E-state index in [1.54, 1.807) is 0 Å². The largest absolute Gasteiger partial charge is 0.356 e. The van der Waals surface area contributed by atoms with Crippen molar-refractivity contribution in [3.63, 3.8) is 0 Å². The highest BCUT2D eigenvalue weighted by Crippen LogP contribution is 2.22. The SMILES string of the molecule is CCCCCCCCCN1C=CN(CC)C1CCCCCCCC. The second-order valence-corrected chi connectivity index (χ2v) is 7.52. The van der Waals surface area contributed by atoms with Gasteiger partial charge in [-0.15, -0.1) is 0 Å². The van der Waals surface area contributed by atoms with Gasteiger partial charge in [0.05, 0.1) is 0 Å². The average molecular weight is 337 g/mol. The van der Waals surface area contributed by atoms with Gasteiger partial charge in [-0.2, -0.15) is 0 Å². The van der Waals surface area contributed by atoms with E-state index >= 15 is 0 Å².